The maximum Gasteiger partial charge on any atom is 0.202 e. The first kappa shape index (κ1) is 16.5. The lowest BCUT2D eigenvalue weighted by atomic mass is 9.72. The topological polar surface area (TPSA) is 162 Å². The van der Waals surface area contributed by atoms with E-state index >= 15 is 0 Å². The Morgan fingerprint density at radius 3 is 2.57 bits per heavy atom. The summed E-state index contributed by atoms with van der Waals surface area (Å²) in [6.07, 6.45) is -3.01. The van der Waals surface area contributed by atoms with E-state index in [1.165, 1.54) is 12.1 Å². The monoisotopic (exact) mass is 417 g/mol. The lowest BCUT2D eigenvalue weighted by Crippen LogP contribution is -2.47. The highest BCUT2D eigenvalue weighted by atomic mass is 16.5. The predicted molar refractivity (Wildman–Crippen MR) is 100.0 cm³/mol. The molecule has 0 radical (unpaired) electrons. The van der Waals surface area contributed by atoms with E-state index in [-0.39, 0.29) is 16.7 Å². The summed E-state index contributed by atoms with van der Waals surface area (Å²) in [6, 6.07) is 3.64. The van der Waals surface area contributed by atoms with Crippen molar-refractivity contribution in [3.8, 4) is 17.2 Å². The fraction of sp³-hybridized carbons (Fsp3) is 0.286. The molecule has 0 saturated carbocycles. The van der Waals surface area contributed by atoms with E-state index in [4.69, 9.17) is 14.0 Å². The van der Waals surface area contributed by atoms with Gasteiger partial charge in [0.15, 0.2) is 11.6 Å². The number of ketones is 3. The van der Waals surface area contributed by atoms with Crippen LogP contribution in [0.5, 0.6) is 17.2 Å². The molecule has 2 atom stereocenters. The molecule has 9 nitrogen and oxygen atoms in total. The van der Waals surface area contributed by atoms with Gasteiger partial charge in [0.2, 0.25) is 5.78 Å². The van der Waals surface area contributed by atoms with Gasteiger partial charge in [0, 0.05) is 29.5 Å². The van der Waals surface area contributed by atoms with Crippen molar-refractivity contribution in [2.75, 3.05) is 13.6 Å². The molecular weight excluding hydrogens is 396 g/mol. The number of carbonyl (C=O) groups excluding carboxylic acids is 3. The number of hydrogen-bond acceptors (Lipinski definition) is 9. The summed E-state index contributed by atoms with van der Waals surface area (Å²) >= 11 is 0. The van der Waals surface area contributed by atoms with E-state index < -0.39 is 89.5 Å². The Morgan fingerprint density at radius 1 is 1.20 bits per heavy atom. The first-order valence-electron chi connectivity index (χ1n) is 10.4. The quantitative estimate of drug-likeness (QED) is 0.374. The number of aromatic hydroxyl groups is 2. The zero-order chi connectivity index (χ0) is 24.5. The van der Waals surface area contributed by atoms with Crippen LogP contribution in [0, 0.1) is 0 Å². The fourth-order valence-corrected chi connectivity index (χ4v) is 4.22. The van der Waals surface area contributed by atoms with Crippen LogP contribution in [-0.4, -0.2) is 62.1 Å². The highest BCUT2D eigenvalue weighted by Gasteiger charge is 2.48. The molecule has 30 heavy (non-hydrogen) atoms. The highest BCUT2D eigenvalue weighted by Crippen LogP contribution is 2.50. The number of Topliss-reactive ketones (excluding diaryl/α,β-unsaturated/α-hetero) is 1. The number of rotatable bonds is 3. The minimum atomic E-state index is -2.95. The summed E-state index contributed by atoms with van der Waals surface area (Å²) < 4.78 is 26.7. The Morgan fingerprint density at radius 2 is 1.90 bits per heavy atom. The van der Waals surface area contributed by atoms with Crippen LogP contribution in [0.2, 0.25) is 0 Å². The number of ether oxygens (including phenoxy) is 1. The molecule has 0 fully saturated rings. The van der Waals surface area contributed by atoms with E-state index in [2.05, 4.69) is 0 Å². The van der Waals surface area contributed by atoms with Gasteiger partial charge in [-0.2, -0.15) is 0 Å². The van der Waals surface area contributed by atoms with Crippen LogP contribution < -0.4 is 4.74 Å². The van der Waals surface area contributed by atoms with Gasteiger partial charge in [0.1, 0.15) is 29.5 Å². The van der Waals surface area contributed by atoms with Gasteiger partial charge in [0.05, 0.1) is 33.9 Å². The molecule has 0 spiro atoms. The summed E-state index contributed by atoms with van der Waals surface area (Å²) in [5, 5.41) is 52.0. The summed E-state index contributed by atoms with van der Waals surface area (Å²) in [7, 11) is -2.95. The Labute approximate surface area is 174 Å². The SMILES string of the molecule is [2H]C([2H])([2H])Oc1cccc2c1C(=O)c1c(O)c3c(c(O)c1C2=O)C[C@@](O)(C(=O)CO)C[C@@H]3O. The second kappa shape index (κ2) is 6.63. The molecule has 156 valence electrons. The van der Waals surface area contributed by atoms with Gasteiger partial charge < -0.3 is 30.3 Å². The van der Waals surface area contributed by atoms with Gasteiger partial charge in [-0.05, 0) is 6.07 Å². The van der Waals surface area contributed by atoms with Crippen molar-refractivity contribution in [2.45, 2.75) is 24.5 Å². The van der Waals surface area contributed by atoms with Gasteiger partial charge in [-0.25, -0.2) is 0 Å². The van der Waals surface area contributed by atoms with Gasteiger partial charge in [-0.15, -0.1) is 0 Å². The van der Waals surface area contributed by atoms with Crippen molar-refractivity contribution in [1.82, 2.24) is 0 Å². The third kappa shape index (κ3) is 2.49. The molecule has 0 unspecified atom stereocenters. The molecule has 0 heterocycles. The standard InChI is InChI=1S/C21H18O9/c1-30-11-4-2-3-8-14(11)20(28)16-15(17(8)25)18(26)9-5-21(29,12(24)7-22)6-10(23)13(9)19(16)27/h2-4,10,22-23,26-27,29H,5-7H2,1H3/t10-,21-/m0/s1/i1D3. The molecule has 0 aliphatic heterocycles. The minimum Gasteiger partial charge on any atom is -0.507 e. The number of aliphatic hydroxyl groups is 3. The molecular formula is C21H18O9. The Hall–Kier alpha value is -3.27. The number of aliphatic hydroxyl groups excluding tert-OH is 2. The molecule has 0 saturated heterocycles. The van der Waals surface area contributed by atoms with Crippen LogP contribution >= 0.6 is 0 Å². The first-order valence-corrected chi connectivity index (χ1v) is 8.87. The maximum absolute atomic E-state index is 13.3. The molecule has 4 rings (SSSR count). The van der Waals surface area contributed by atoms with Gasteiger partial charge in [-0.1, -0.05) is 12.1 Å². The average Bonchev–Trinajstić information content (AvgIpc) is 2.72. The predicted octanol–water partition coefficient (Wildman–Crippen LogP) is 0.154. The van der Waals surface area contributed by atoms with Crippen molar-refractivity contribution < 1.29 is 48.8 Å². The minimum absolute atomic E-state index is 0.290. The van der Waals surface area contributed by atoms with Crippen molar-refractivity contribution in [3.05, 3.63) is 51.6 Å². The number of phenols is 2. The Balaban J connectivity index is 1.96. The number of phenolic OH excluding ortho intramolecular Hbond substituents is 2. The van der Waals surface area contributed by atoms with Crippen LogP contribution in [0.25, 0.3) is 0 Å². The van der Waals surface area contributed by atoms with Gasteiger partial charge in [-0.3, -0.25) is 14.4 Å². The van der Waals surface area contributed by atoms with Crippen LogP contribution in [-0.2, 0) is 11.2 Å². The lowest BCUT2D eigenvalue weighted by Gasteiger charge is -2.36. The third-order valence-corrected chi connectivity index (χ3v) is 5.65. The molecule has 0 amide bonds. The van der Waals surface area contributed by atoms with Crippen LogP contribution in [0.1, 0.15) is 59.6 Å². The number of benzene rings is 2. The van der Waals surface area contributed by atoms with Crippen LogP contribution in [0.4, 0.5) is 0 Å². The van der Waals surface area contributed by atoms with Gasteiger partial charge in [0.25, 0.3) is 0 Å². The number of hydrogen-bond donors (Lipinski definition) is 5. The van der Waals surface area contributed by atoms with E-state index in [1.54, 1.807) is 0 Å². The molecule has 0 bridgehead atoms. The Kier molecular flexibility index (Phi) is 3.65. The van der Waals surface area contributed by atoms with E-state index in [0.29, 0.717) is 0 Å². The van der Waals surface area contributed by atoms with E-state index in [9.17, 15) is 34.8 Å². The van der Waals surface area contributed by atoms with Crippen molar-refractivity contribution in [3.63, 3.8) is 0 Å². The smallest absolute Gasteiger partial charge is 0.202 e. The summed E-state index contributed by atoms with van der Waals surface area (Å²) in [4.78, 5) is 38.5. The third-order valence-electron chi connectivity index (χ3n) is 5.65. The van der Waals surface area contributed by atoms with Crippen molar-refractivity contribution in [2.24, 2.45) is 0 Å². The van der Waals surface area contributed by atoms with Crippen LogP contribution in [0.15, 0.2) is 18.2 Å². The molecule has 0 aromatic heterocycles. The number of fused-ring (bicyclic) bond motifs is 3. The summed E-state index contributed by atoms with van der Waals surface area (Å²) in [5.41, 5.74) is -4.97. The number of methoxy groups -OCH3 is 1. The van der Waals surface area contributed by atoms with Crippen molar-refractivity contribution >= 4 is 17.3 Å². The summed E-state index contributed by atoms with van der Waals surface area (Å²) in [6.45, 7) is -1.05. The van der Waals surface area contributed by atoms with Crippen molar-refractivity contribution in [1.29, 1.82) is 0 Å². The van der Waals surface area contributed by atoms with E-state index in [0.717, 1.165) is 6.07 Å². The lowest BCUT2D eigenvalue weighted by molar-refractivity contribution is -0.145. The van der Waals surface area contributed by atoms with Crippen LogP contribution in [0.3, 0.4) is 0 Å². The summed E-state index contributed by atoms with van der Waals surface area (Å²) in [5.74, 6) is -5.11. The largest absolute Gasteiger partial charge is 0.507 e. The molecule has 9 heteroatoms. The fourth-order valence-electron chi connectivity index (χ4n) is 4.22. The molecule has 2 aromatic rings. The van der Waals surface area contributed by atoms with Gasteiger partial charge >= 0.3 is 0 Å². The second-order valence-electron chi connectivity index (χ2n) is 7.29. The molecule has 2 aromatic carbocycles. The molecule has 2 aliphatic rings. The first-order chi connectivity index (χ1) is 15.3. The molecule has 2 aliphatic carbocycles. The Bertz CT molecular complexity index is 1230. The zero-order valence-electron chi connectivity index (χ0n) is 18.3. The van der Waals surface area contributed by atoms with E-state index in [1.807, 2.05) is 0 Å². The normalized spacial score (nSPS) is 24.1. The zero-order valence-corrected chi connectivity index (χ0v) is 15.3. The second-order valence-corrected chi connectivity index (χ2v) is 7.29. The highest BCUT2D eigenvalue weighted by molar-refractivity contribution is 6.31. The molecule has 5 N–H and O–H groups in total. The maximum atomic E-state index is 13.3. The number of carbonyl (C=O) groups is 3. The average molecular weight is 417 g/mol.